The summed E-state index contributed by atoms with van der Waals surface area (Å²) >= 11 is 0. The van der Waals surface area contributed by atoms with Gasteiger partial charge in [0.05, 0.1) is 0 Å². The Kier molecular flexibility index (Phi) is 4.73. The molecule has 0 unspecified atom stereocenters. The monoisotopic (exact) mass is 288 g/mol. The van der Waals surface area contributed by atoms with Gasteiger partial charge in [-0.2, -0.15) is 0 Å². The van der Waals surface area contributed by atoms with E-state index >= 15 is 0 Å². The number of hydrogen-bond donors (Lipinski definition) is 2. The third kappa shape index (κ3) is 3.37. The van der Waals surface area contributed by atoms with E-state index in [2.05, 4.69) is 15.3 Å². The minimum atomic E-state index is 0.279. The predicted molar refractivity (Wildman–Crippen MR) is 86.4 cm³/mol. The maximum atomic E-state index is 6.09. The van der Waals surface area contributed by atoms with Crippen molar-refractivity contribution >= 4 is 5.82 Å². The number of nitrogens with two attached hydrogens (primary N) is 1. The number of aryl methyl sites for hydroxylation is 1. The highest BCUT2D eigenvalue weighted by molar-refractivity contribution is 5.46. The Labute approximate surface area is 127 Å². The molecule has 0 amide bonds. The molecule has 1 saturated carbocycles. The Morgan fingerprint density at radius 2 is 1.76 bits per heavy atom. The van der Waals surface area contributed by atoms with Crippen LogP contribution in [0.25, 0.3) is 0 Å². The van der Waals surface area contributed by atoms with Gasteiger partial charge in [0, 0.05) is 17.8 Å². The average Bonchev–Trinajstić information content (AvgIpc) is 2.79. The SMILES string of the molecule is NCC1(CNc2ncnc3c2CCCCC3)CCCCC1. The van der Waals surface area contributed by atoms with Crippen molar-refractivity contribution < 1.29 is 0 Å². The summed E-state index contributed by atoms with van der Waals surface area (Å²) in [4.78, 5) is 9.02. The van der Waals surface area contributed by atoms with E-state index in [0.717, 1.165) is 31.7 Å². The van der Waals surface area contributed by atoms with Crippen LogP contribution in [0.2, 0.25) is 0 Å². The topological polar surface area (TPSA) is 63.8 Å². The van der Waals surface area contributed by atoms with Gasteiger partial charge in [-0.15, -0.1) is 0 Å². The zero-order valence-electron chi connectivity index (χ0n) is 13.0. The van der Waals surface area contributed by atoms with Gasteiger partial charge in [-0.3, -0.25) is 0 Å². The minimum absolute atomic E-state index is 0.279. The van der Waals surface area contributed by atoms with Crippen molar-refractivity contribution in [1.29, 1.82) is 0 Å². The molecule has 4 nitrogen and oxygen atoms in total. The van der Waals surface area contributed by atoms with Crippen LogP contribution in [0.4, 0.5) is 5.82 Å². The van der Waals surface area contributed by atoms with Crippen molar-refractivity contribution in [3.63, 3.8) is 0 Å². The summed E-state index contributed by atoms with van der Waals surface area (Å²) in [6.07, 6.45) is 14.3. The molecule has 21 heavy (non-hydrogen) atoms. The lowest BCUT2D eigenvalue weighted by Crippen LogP contribution is -2.39. The number of hydrogen-bond acceptors (Lipinski definition) is 4. The highest BCUT2D eigenvalue weighted by Crippen LogP contribution is 2.36. The van der Waals surface area contributed by atoms with Crippen LogP contribution in [-0.4, -0.2) is 23.1 Å². The Balaban J connectivity index is 1.72. The number of nitrogens with one attached hydrogen (secondary N) is 1. The third-order valence-corrected chi connectivity index (χ3v) is 5.35. The third-order valence-electron chi connectivity index (χ3n) is 5.35. The van der Waals surface area contributed by atoms with E-state index in [4.69, 9.17) is 5.73 Å². The summed E-state index contributed by atoms with van der Waals surface area (Å²) in [6, 6.07) is 0. The van der Waals surface area contributed by atoms with Gasteiger partial charge >= 0.3 is 0 Å². The molecule has 116 valence electrons. The van der Waals surface area contributed by atoms with Gasteiger partial charge < -0.3 is 11.1 Å². The lowest BCUT2D eigenvalue weighted by atomic mass is 9.74. The van der Waals surface area contributed by atoms with Crippen molar-refractivity contribution in [3.8, 4) is 0 Å². The molecule has 2 aliphatic rings. The molecule has 2 aliphatic carbocycles. The molecule has 0 atom stereocenters. The Bertz CT molecular complexity index is 466. The highest BCUT2D eigenvalue weighted by atomic mass is 15.0. The first-order chi connectivity index (χ1) is 10.3. The predicted octanol–water partition coefficient (Wildman–Crippen LogP) is 3.07. The number of rotatable bonds is 4. The molecular weight excluding hydrogens is 260 g/mol. The van der Waals surface area contributed by atoms with E-state index in [0.29, 0.717) is 0 Å². The van der Waals surface area contributed by atoms with Crippen LogP contribution in [0.15, 0.2) is 6.33 Å². The van der Waals surface area contributed by atoms with Crippen molar-refractivity contribution in [2.45, 2.75) is 64.2 Å². The first kappa shape index (κ1) is 14.8. The normalized spacial score (nSPS) is 21.4. The maximum absolute atomic E-state index is 6.09. The van der Waals surface area contributed by atoms with Crippen LogP contribution in [0.1, 0.15) is 62.6 Å². The van der Waals surface area contributed by atoms with E-state index in [-0.39, 0.29) is 5.41 Å². The van der Waals surface area contributed by atoms with E-state index in [1.54, 1.807) is 6.33 Å². The first-order valence-electron chi connectivity index (χ1n) is 8.60. The highest BCUT2D eigenvalue weighted by Gasteiger charge is 2.30. The Morgan fingerprint density at radius 1 is 1.00 bits per heavy atom. The Hall–Kier alpha value is -1.16. The smallest absolute Gasteiger partial charge is 0.132 e. The molecule has 0 aromatic carbocycles. The quantitative estimate of drug-likeness (QED) is 0.836. The fourth-order valence-electron chi connectivity index (χ4n) is 3.88. The van der Waals surface area contributed by atoms with Gasteiger partial charge in [0.2, 0.25) is 0 Å². The van der Waals surface area contributed by atoms with Crippen molar-refractivity contribution in [2.24, 2.45) is 11.1 Å². The van der Waals surface area contributed by atoms with Crippen molar-refractivity contribution in [3.05, 3.63) is 17.6 Å². The van der Waals surface area contributed by atoms with E-state index in [1.807, 2.05) is 0 Å². The molecule has 1 fully saturated rings. The second kappa shape index (κ2) is 6.73. The van der Waals surface area contributed by atoms with E-state index in [1.165, 1.54) is 62.6 Å². The number of nitrogens with zero attached hydrogens (tertiary/aromatic N) is 2. The van der Waals surface area contributed by atoms with Crippen molar-refractivity contribution in [1.82, 2.24) is 9.97 Å². The standard InChI is InChI=1S/C17H28N4/c18-11-17(9-5-2-6-10-17)12-19-16-14-7-3-1-4-8-15(14)20-13-21-16/h13H,1-12,18H2,(H,19,20,21). The summed E-state index contributed by atoms with van der Waals surface area (Å²) in [7, 11) is 0. The average molecular weight is 288 g/mol. The fraction of sp³-hybridized carbons (Fsp3) is 0.765. The van der Waals surface area contributed by atoms with Gasteiger partial charge in [0.15, 0.2) is 0 Å². The summed E-state index contributed by atoms with van der Waals surface area (Å²) in [5.74, 6) is 1.07. The molecule has 0 radical (unpaired) electrons. The minimum Gasteiger partial charge on any atom is -0.369 e. The van der Waals surface area contributed by atoms with Gasteiger partial charge in [0.1, 0.15) is 12.1 Å². The second-order valence-corrected chi connectivity index (χ2v) is 6.83. The summed E-state index contributed by atoms with van der Waals surface area (Å²) in [6.45, 7) is 1.75. The summed E-state index contributed by atoms with van der Waals surface area (Å²) < 4.78 is 0. The van der Waals surface area contributed by atoms with Gasteiger partial charge in [-0.1, -0.05) is 25.7 Å². The number of aromatic nitrogens is 2. The molecule has 0 spiro atoms. The van der Waals surface area contributed by atoms with Gasteiger partial charge in [-0.05, 0) is 50.5 Å². The molecule has 0 aliphatic heterocycles. The van der Waals surface area contributed by atoms with E-state index < -0.39 is 0 Å². The molecule has 1 heterocycles. The fourth-order valence-corrected chi connectivity index (χ4v) is 3.88. The molecule has 4 heteroatoms. The van der Waals surface area contributed by atoms with Crippen LogP contribution in [-0.2, 0) is 12.8 Å². The van der Waals surface area contributed by atoms with E-state index in [9.17, 15) is 0 Å². The summed E-state index contributed by atoms with van der Waals surface area (Å²) in [5.41, 5.74) is 8.99. The molecule has 0 bridgehead atoms. The van der Waals surface area contributed by atoms with Crippen LogP contribution in [0, 0.1) is 5.41 Å². The molecule has 1 aromatic rings. The van der Waals surface area contributed by atoms with Crippen LogP contribution in [0.5, 0.6) is 0 Å². The zero-order valence-corrected chi connectivity index (χ0v) is 13.0. The lowest BCUT2D eigenvalue weighted by molar-refractivity contribution is 0.215. The van der Waals surface area contributed by atoms with Crippen molar-refractivity contribution in [2.75, 3.05) is 18.4 Å². The molecule has 3 rings (SSSR count). The zero-order chi connectivity index (χ0) is 14.5. The number of anilines is 1. The summed E-state index contributed by atoms with van der Waals surface area (Å²) in [5, 5.41) is 3.63. The van der Waals surface area contributed by atoms with Crippen LogP contribution >= 0.6 is 0 Å². The molecule has 3 N–H and O–H groups in total. The lowest BCUT2D eigenvalue weighted by Gasteiger charge is -2.36. The van der Waals surface area contributed by atoms with Crippen LogP contribution in [0.3, 0.4) is 0 Å². The molecule has 0 saturated heterocycles. The van der Waals surface area contributed by atoms with Gasteiger partial charge in [-0.25, -0.2) is 9.97 Å². The van der Waals surface area contributed by atoms with Gasteiger partial charge in [0.25, 0.3) is 0 Å². The second-order valence-electron chi connectivity index (χ2n) is 6.83. The molecule has 1 aromatic heterocycles. The first-order valence-corrected chi connectivity index (χ1v) is 8.60. The van der Waals surface area contributed by atoms with Crippen LogP contribution < -0.4 is 11.1 Å². The largest absolute Gasteiger partial charge is 0.369 e. The molecular formula is C17H28N4. The Morgan fingerprint density at radius 3 is 2.57 bits per heavy atom. The maximum Gasteiger partial charge on any atom is 0.132 e. The number of fused-ring (bicyclic) bond motifs is 1.